The lowest BCUT2D eigenvalue weighted by Gasteiger charge is -2.08. The van der Waals surface area contributed by atoms with Crippen molar-refractivity contribution in [3.63, 3.8) is 0 Å². The molecule has 0 bridgehead atoms. The van der Waals surface area contributed by atoms with Gasteiger partial charge in [-0.15, -0.1) is 11.3 Å². The lowest BCUT2D eigenvalue weighted by Crippen LogP contribution is -2.19. The summed E-state index contributed by atoms with van der Waals surface area (Å²) in [4.78, 5) is 30.7. The van der Waals surface area contributed by atoms with Gasteiger partial charge in [-0.05, 0) is 37.1 Å². The first-order valence-corrected chi connectivity index (χ1v) is 9.49. The van der Waals surface area contributed by atoms with Crippen LogP contribution in [0.3, 0.4) is 0 Å². The van der Waals surface area contributed by atoms with E-state index >= 15 is 0 Å². The molecule has 2 heterocycles. The van der Waals surface area contributed by atoms with Crippen LogP contribution in [0.15, 0.2) is 34.2 Å². The van der Waals surface area contributed by atoms with Gasteiger partial charge in [0.2, 0.25) is 0 Å². The van der Waals surface area contributed by atoms with Crippen molar-refractivity contribution in [1.29, 1.82) is 0 Å². The van der Waals surface area contributed by atoms with Gasteiger partial charge in [0.25, 0.3) is 5.56 Å². The van der Waals surface area contributed by atoms with E-state index in [9.17, 15) is 9.59 Å². The number of thioether (sulfide) groups is 1. The van der Waals surface area contributed by atoms with Gasteiger partial charge in [0.05, 0.1) is 18.1 Å². The van der Waals surface area contributed by atoms with Crippen LogP contribution in [0.25, 0.3) is 10.2 Å². The maximum absolute atomic E-state index is 12.6. The number of benzene rings is 1. The molecule has 0 aliphatic rings. The summed E-state index contributed by atoms with van der Waals surface area (Å²) in [6, 6.07) is 7.25. The Morgan fingerprint density at radius 2 is 1.96 bits per heavy atom. The standard InChI is InChI=1S/C18H18N2O3S2/c1-10-11(2)25-15-14(10)16(21)20(3)18(19-15)24-9-12-5-7-13(8-6-12)17(22)23-4/h5-8H,9H2,1-4H3. The average Bonchev–Trinajstić information content (AvgIpc) is 2.90. The third kappa shape index (κ3) is 3.34. The van der Waals surface area contributed by atoms with E-state index in [0.29, 0.717) is 16.5 Å². The third-order valence-corrected chi connectivity index (χ3v) is 6.31. The molecule has 3 aromatic rings. The number of rotatable bonds is 4. The molecule has 0 radical (unpaired) electrons. The van der Waals surface area contributed by atoms with Crippen LogP contribution < -0.4 is 5.56 Å². The summed E-state index contributed by atoms with van der Waals surface area (Å²) in [6.07, 6.45) is 0. The Kier molecular flexibility index (Phi) is 4.96. The number of methoxy groups -OCH3 is 1. The molecule has 0 aliphatic heterocycles. The number of thiophene rings is 1. The van der Waals surface area contributed by atoms with Crippen LogP contribution in [-0.4, -0.2) is 22.6 Å². The summed E-state index contributed by atoms with van der Waals surface area (Å²) in [7, 11) is 3.12. The number of ether oxygens (including phenoxy) is 1. The van der Waals surface area contributed by atoms with Gasteiger partial charge in [-0.2, -0.15) is 0 Å². The second-order valence-electron chi connectivity index (χ2n) is 5.70. The van der Waals surface area contributed by atoms with Gasteiger partial charge in [0.15, 0.2) is 5.16 Å². The normalized spacial score (nSPS) is 11.0. The fraction of sp³-hybridized carbons (Fsp3) is 0.278. The largest absolute Gasteiger partial charge is 0.465 e. The Hall–Kier alpha value is -2.12. The number of carbonyl (C=O) groups excluding carboxylic acids is 1. The molecule has 0 aliphatic carbocycles. The second-order valence-corrected chi connectivity index (χ2v) is 7.84. The monoisotopic (exact) mass is 374 g/mol. The molecule has 3 rings (SSSR count). The fourth-order valence-electron chi connectivity index (χ4n) is 2.49. The summed E-state index contributed by atoms with van der Waals surface area (Å²) in [5.74, 6) is 0.313. The van der Waals surface area contributed by atoms with Crippen molar-refractivity contribution >= 4 is 39.3 Å². The molecule has 25 heavy (non-hydrogen) atoms. The zero-order chi connectivity index (χ0) is 18.1. The quantitative estimate of drug-likeness (QED) is 0.396. The summed E-state index contributed by atoms with van der Waals surface area (Å²) in [5.41, 5.74) is 2.58. The van der Waals surface area contributed by atoms with Crippen LogP contribution in [0.4, 0.5) is 0 Å². The van der Waals surface area contributed by atoms with Crippen LogP contribution in [0.2, 0.25) is 0 Å². The minimum Gasteiger partial charge on any atom is -0.465 e. The Balaban J connectivity index is 1.85. The topological polar surface area (TPSA) is 61.2 Å². The van der Waals surface area contributed by atoms with Crippen molar-refractivity contribution in [2.75, 3.05) is 7.11 Å². The zero-order valence-corrected chi connectivity index (χ0v) is 16.1. The van der Waals surface area contributed by atoms with Crippen molar-refractivity contribution in [3.05, 3.63) is 56.2 Å². The summed E-state index contributed by atoms with van der Waals surface area (Å²) in [6.45, 7) is 3.98. The minimum absolute atomic E-state index is 0.00427. The van der Waals surface area contributed by atoms with Crippen LogP contribution in [0, 0.1) is 13.8 Å². The van der Waals surface area contributed by atoms with E-state index in [1.165, 1.54) is 18.9 Å². The molecule has 2 aromatic heterocycles. The van der Waals surface area contributed by atoms with Gasteiger partial charge in [-0.25, -0.2) is 9.78 Å². The maximum atomic E-state index is 12.6. The number of hydrogen-bond acceptors (Lipinski definition) is 6. The van der Waals surface area contributed by atoms with E-state index in [4.69, 9.17) is 4.74 Å². The van der Waals surface area contributed by atoms with E-state index in [2.05, 4.69) is 4.98 Å². The van der Waals surface area contributed by atoms with Gasteiger partial charge < -0.3 is 4.74 Å². The smallest absolute Gasteiger partial charge is 0.337 e. The predicted octanol–water partition coefficient (Wildman–Crippen LogP) is 3.69. The first-order chi connectivity index (χ1) is 11.9. The summed E-state index contributed by atoms with van der Waals surface area (Å²) >= 11 is 3.06. The highest BCUT2D eigenvalue weighted by molar-refractivity contribution is 7.98. The number of hydrogen-bond donors (Lipinski definition) is 0. The molecule has 0 saturated carbocycles. The molecule has 0 spiro atoms. The average molecular weight is 374 g/mol. The molecule has 0 saturated heterocycles. The molecule has 7 heteroatoms. The molecule has 1 aromatic carbocycles. The van der Waals surface area contributed by atoms with Crippen molar-refractivity contribution in [2.24, 2.45) is 7.05 Å². The summed E-state index contributed by atoms with van der Waals surface area (Å²) < 4.78 is 6.30. The van der Waals surface area contributed by atoms with Crippen LogP contribution in [0.5, 0.6) is 0 Å². The lowest BCUT2D eigenvalue weighted by atomic mass is 10.1. The third-order valence-electron chi connectivity index (χ3n) is 4.11. The highest BCUT2D eigenvalue weighted by atomic mass is 32.2. The van der Waals surface area contributed by atoms with Gasteiger partial charge in [0.1, 0.15) is 4.83 Å². The van der Waals surface area contributed by atoms with Gasteiger partial charge in [-0.1, -0.05) is 23.9 Å². The Labute approximate surface area is 153 Å². The fourth-order valence-corrected chi connectivity index (χ4v) is 4.49. The SMILES string of the molecule is COC(=O)c1ccc(CSc2nc3sc(C)c(C)c3c(=O)n2C)cc1. The summed E-state index contributed by atoms with van der Waals surface area (Å²) in [5, 5.41) is 1.41. The predicted molar refractivity (Wildman–Crippen MR) is 102 cm³/mol. The van der Waals surface area contributed by atoms with Crippen LogP contribution in [-0.2, 0) is 17.5 Å². The van der Waals surface area contributed by atoms with Gasteiger partial charge in [-0.3, -0.25) is 9.36 Å². The highest BCUT2D eigenvalue weighted by Gasteiger charge is 2.15. The molecule has 130 valence electrons. The zero-order valence-electron chi connectivity index (χ0n) is 14.5. The molecular formula is C18H18N2O3S2. The minimum atomic E-state index is -0.350. The molecule has 5 nitrogen and oxygen atoms in total. The first-order valence-electron chi connectivity index (χ1n) is 7.69. The molecule has 0 atom stereocenters. The molecule has 0 fully saturated rings. The number of carbonyl (C=O) groups is 1. The van der Waals surface area contributed by atoms with E-state index in [1.54, 1.807) is 35.1 Å². The van der Waals surface area contributed by atoms with E-state index < -0.39 is 0 Å². The van der Waals surface area contributed by atoms with Crippen molar-refractivity contribution in [1.82, 2.24) is 9.55 Å². The van der Waals surface area contributed by atoms with E-state index in [1.807, 2.05) is 26.0 Å². The molecule has 0 N–H and O–H groups in total. The number of nitrogens with zero attached hydrogens (tertiary/aromatic N) is 2. The first kappa shape index (κ1) is 17.7. The maximum Gasteiger partial charge on any atom is 0.337 e. The second kappa shape index (κ2) is 7.01. The van der Waals surface area contributed by atoms with E-state index in [-0.39, 0.29) is 11.5 Å². The van der Waals surface area contributed by atoms with Crippen LogP contribution in [0.1, 0.15) is 26.4 Å². The lowest BCUT2D eigenvalue weighted by molar-refractivity contribution is 0.0600. The van der Waals surface area contributed by atoms with Gasteiger partial charge >= 0.3 is 5.97 Å². The Morgan fingerprint density at radius 3 is 2.60 bits per heavy atom. The molecular weight excluding hydrogens is 356 g/mol. The van der Waals surface area contributed by atoms with Crippen molar-refractivity contribution < 1.29 is 9.53 Å². The number of aromatic nitrogens is 2. The molecule has 0 unspecified atom stereocenters. The number of aryl methyl sites for hydroxylation is 2. The van der Waals surface area contributed by atoms with E-state index in [0.717, 1.165) is 26.2 Å². The van der Waals surface area contributed by atoms with Crippen LogP contribution >= 0.6 is 23.1 Å². The molecule has 0 amide bonds. The Morgan fingerprint density at radius 1 is 1.28 bits per heavy atom. The Bertz CT molecular complexity index is 1000. The highest BCUT2D eigenvalue weighted by Crippen LogP contribution is 2.29. The van der Waals surface area contributed by atoms with Crippen molar-refractivity contribution in [2.45, 2.75) is 24.8 Å². The van der Waals surface area contributed by atoms with Gasteiger partial charge in [0, 0.05) is 17.7 Å². The number of esters is 1. The number of fused-ring (bicyclic) bond motifs is 1. The van der Waals surface area contributed by atoms with Crippen molar-refractivity contribution in [3.8, 4) is 0 Å².